The van der Waals surface area contributed by atoms with Crippen LogP contribution < -0.4 is 4.74 Å². The summed E-state index contributed by atoms with van der Waals surface area (Å²) in [5, 5.41) is 0. The van der Waals surface area contributed by atoms with Gasteiger partial charge in [-0.1, -0.05) is 45.4 Å². The van der Waals surface area contributed by atoms with E-state index in [1.54, 1.807) is 0 Å². The summed E-state index contributed by atoms with van der Waals surface area (Å²) in [5.74, 6) is 3.43. The molecule has 0 saturated heterocycles. The maximum Gasteiger partial charge on any atom is 0.416 e. The predicted octanol–water partition coefficient (Wildman–Crippen LogP) is 8.05. The molecule has 1 aromatic carbocycles. The number of hydrogen-bond donors (Lipinski definition) is 0. The van der Waals surface area contributed by atoms with E-state index in [4.69, 9.17) is 4.74 Å². The Balaban J connectivity index is 1.32. The Bertz CT molecular complexity index is 749. The first-order valence-corrected chi connectivity index (χ1v) is 12.7. The maximum absolute atomic E-state index is 12.9. The molecule has 0 bridgehead atoms. The zero-order valence-electron chi connectivity index (χ0n) is 19.2. The van der Waals surface area contributed by atoms with Crippen molar-refractivity contribution in [3.63, 3.8) is 0 Å². The molecule has 5 heteroatoms. The van der Waals surface area contributed by atoms with E-state index in [0.29, 0.717) is 11.8 Å². The molecule has 1 aromatic rings. The van der Waals surface area contributed by atoms with E-state index < -0.39 is 11.7 Å². The number of ether oxygens (including phenoxy) is 1. The Kier molecular flexibility index (Phi) is 7.51. The molecule has 0 heterocycles. The number of hydrogen-bond acceptors (Lipinski definition) is 2. The van der Waals surface area contributed by atoms with E-state index >= 15 is 0 Å². The summed E-state index contributed by atoms with van der Waals surface area (Å²) in [6, 6.07) is 4.47. The summed E-state index contributed by atoms with van der Waals surface area (Å²) in [7, 11) is 0. The number of esters is 1. The highest BCUT2D eigenvalue weighted by Crippen LogP contribution is 2.50. The summed E-state index contributed by atoms with van der Waals surface area (Å²) in [6.45, 7) is 2.29. The van der Waals surface area contributed by atoms with Crippen molar-refractivity contribution in [2.45, 2.75) is 90.1 Å². The van der Waals surface area contributed by atoms with Crippen molar-refractivity contribution in [1.29, 1.82) is 0 Å². The van der Waals surface area contributed by atoms with Gasteiger partial charge in [-0.25, -0.2) is 0 Å². The number of alkyl halides is 3. The van der Waals surface area contributed by atoms with Crippen molar-refractivity contribution in [3.8, 4) is 5.75 Å². The molecule has 0 aliphatic heterocycles. The molecule has 0 N–H and O–H groups in total. The molecule has 0 spiro atoms. The van der Waals surface area contributed by atoms with Crippen molar-refractivity contribution in [1.82, 2.24) is 0 Å². The van der Waals surface area contributed by atoms with Crippen LogP contribution >= 0.6 is 0 Å². The largest absolute Gasteiger partial charge is 0.426 e. The second-order valence-electron chi connectivity index (χ2n) is 10.5. The van der Waals surface area contributed by atoms with Gasteiger partial charge in [-0.05, 0) is 92.4 Å². The first kappa shape index (κ1) is 23.6. The van der Waals surface area contributed by atoms with Gasteiger partial charge in [0.25, 0.3) is 0 Å². The van der Waals surface area contributed by atoms with Crippen LogP contribution in [0.1, 0.15) is 89.5 Å². The van der Waals surface area contributed by atoms with E-state index in [0.717, 1.165) is 49.1 Å². The highest BCUT2D eigenvalue weighted by atomic mass is 19.4. The van der Waals surface area contributed by atoms with Gasteiger partial charge in [0, 0.05) is 0 Å². The Hall–Kier alpha value is -1.52. The SMILES string of the molecule is CCCC1CCC(C2CCC3C(CCCC3C(=O)Oc3ccc(C(F)(F)F)cc3)C2)CC1. The Morgan fingerprint density at radius 1 is 0.906 bits per heavy atom. The highest BCUT2D eigenvalue weighted by Gasteiger charge is 2.43. The standard InChI is InChI=1S/C27H37F3O2/c1-2-4-18-7-9-19(10-8-18)20-11-16-24-21(17-20)5-3-6-25(24)26(31)32-23-14-12-22(13-15-23)27(28,29)30/h12-15,18-21,24-25H,2-11,16-17H2,1H3. The lowest BCUT2D eigenvalue weighted by atomic mass is 9.59. The molecular formula is C27H37F3O2. The van der Waals surface area contributed by atoms with E-state index in [-0.39, 0.29) is 17.6 Å². The average molecular weight is 451 g/mol. The van der Waals surface area contributed by atoms with Crippen LogP contribution in [0, 0.1) is 35.5 Å². The van der Waals surface area contributed by atoms with E-state index in [1.165, 1.54) is 69.9 Å². The zero-order chi connectivity index (χ0) is 22.7. The van der Waals surface area contributed by atoms with Gasteiger partial charge in [0.1, 0.15) is 5.75 Å². The van der Waals surface area contributed by atoms with Crippen LogP contribution in [0.5, 0.6) is 5.75 Å². The van der Waals surface area contributed by atoms with Gasteiger partial charge in [0.05, 0.1) is 11.5 Å². The third-order valence-corrected chi connectivity index (χ3v) is 8.65. The molecule has 3 aliphatic rings. The van der Waals surface area contributed by atoms with Crippen LogP contribution in [0.2, 0.25) is 0 Å². The minimum absolute atomic E-state index is 0.114. The van der Waals surface area contributed by atoms with Crippen LogP contribution in [0.4, 0.5) is 13.2 Å². The van der Waals surface area contributed by atoms with Crippen LogP contribution in [0.15, 0.2) is 24.3 Å². The highest BCUT2D eigenvalue weighted by molar-refractivity contribution is 5.75. The summed E-state index contributed by atoms with van der Waals surface area (Å²) in [5.41, 5.74) is -0.725. The third-order valence-electron chi connectivity index (χ3n) is 8.65. The van der Waals surface area contributed by atoms with Crippen molar-refractivity contribution < 1.29 is 22.7 Å². The van der Waals surface area contributed by atoms with E-state index in [2.05, 4.69) is 6.92 Å². The smallest absolute Gasteiger partial charge is 0.416 e. The van der Waals surface area contributed by atoms with Crippen LogP contribution in [-0.2, 0) is 11.0 Å². The fourth-order valence-electron chi connectivity index (χ4n) is 6.98. The Morgan fingerprint density at radius 2 is 1.59 bits per heavy atom. The zero-order valence-corrected chi connectivity index (χ0v) is 19.2. The fraction of sp³-hybridized carbons (Fsp3) is 0.741. The van der Waals surface area contributed by atoms with E-state index in [1.807, 2.05) is 0 Å². The van der Waals surface area contributed by atoms with Gasteiger partial charge in [-0.2, -0.15) is 13.2 Å². The molecule has 2 nitrogen and oxygen atoms in total. The van der Waals surface area contributed by atoms with Gasteiger partial charge in [-0.15, -0.1) is 0 Å². The van der Waals surface area contributed by atoms with Gasteiger partial charge >= 0.3 is 12.1 Å². The maximum atomic E-state index is 12.9. The van der Waals surface area contributed by atoms with Crippen molar-refractivity contribution in [3.05, 3.63) is 29.8 Å². The van der Waals surface area contributed by atoms with Crippen LogP contribution in [0.3, 0.4) is 0 Å². The van der Waals surface area contributed by atoms with Crippen molar-refractivity contribution >= 4 is 5.97 Å². The van der Waals surface area contributed by atoms with Gasteiger partial charge in [0.2, 0.25) is 0 Å². The summed E-state index contributed by atoms with van der Waals surface area (Å²) in [6.07, 6.45) is 10.5. The quantitative estimate of drug-likeness (QED) is 0.335. The number of rotatable bonds is 5. The minimum Gasteiger partial charge on any atom is -0.426 e. The molecular weight excluding hydrogens is 413 g/mol. The lowest BCUT2D eigenvalue weighted by Crippen LogP contribution is -2.40. The minimum atomic E-state index is -4.38. The van der Waals surface area contributed by atoms with Gasteiger partial charge in [-0.3, -0.25) is 4.79 Å². The number of halogens is 3. The lowest BCUT2D eigenvalue weighted by Gasteiger charge is -2.46. The first-order chi connectivity index (χ1) is 15.3. The molecule has 4 rings (SSSR count). The van der Waals surface area contributed by atoms with E-state index in [9.17, 15) is 18.0 Å². The predicted molar refractivity (Wildman–Crippen MR) is 119 cm³/mol. The fourth-order valence-corrected chi connectivity index (χ4v) is 6.98. The summed E-state index contributed by atoms with van der Waals surface area (Å²) >= 11 is 0. The summed E-state index contributed by atoms with van der Waals surface area (Å²) < 4.78 is 43.9. The number of fused-ring (bicyclic) bond motifs is 1. The lowest BCUT2D eigenvalue weighted by molar-refractivity contribution is -0.144. The Labute approximate surface area is 190 Å². The monoisotopic (exact) mass is 450 g/mol. The third kappa shape index (κ3) is 5.51. The van der Waals surface area contributed by atoms with Crippen molar-refractivity contribution in [2.24, 2.45) is 35.5 Å². The first-order valence-electron chi connectivity index (χ1n) is 12.7. The molecule has 0 amide bonds. The summed E-state index contributed by atoms with van der Waals surface area (Å²) in [4.78, 5) is 12.9. The van der Waals surface area contributed by atoms with Crippen LogP contribution in [0.25, 0.3) is 0 Å². The number of carbonyl (C=O) groups excluding carboxylic acids is 1. The molecule has 0 aromatic heterocycles. The molecule has 4 unspecified atom stereocenters. The van der Waals surface area contributed by atoms with Crippen molar-refractivity contribution in [2.75, 3.05) is 0 Å². The molecule has 3 fully saturated rings. The second kappa shape index (κ2) is 10.2. The normalized spacial score (nSPS) is 33.4. The molecule has 3 saturated carbocycles. The average Bonchev–Trinajstić information content (AvgIpc) is 2.79. The van der Waals surface area contributed by atoms with Gasteiger partial charge < -0.3 is 4.74 Å². The molecule has 3 aliphatic carbocycles. The topological polar surface area (TPSA) is 26.3 Å². The molecule has 178 valence electrons. The number of benzene rings is 1. The molecule has 0 radical (unpaired) electrons. The van der Waals surface area contributed by atoms with Gasteiger partial charge in [0.15, 0.2) is 0 Å². The Morgan fingerprint density at radius 3 is 2.25 bits per heavy atom. The molecule has 32 heavy (non-hydrogen) atoms. The number of carbonyl (C=O) groups is 1. The molecule has 4 atom stereocenters. The second-order valence-corrected chi connectivity index (χ2v) is 10.5. The van der Waals surface area contributed by atoms with Crippen LogP contribution in [-0.4, -0.2) is 5.97 Å².